The molecule has 2 aliphatic heterocycles. The van der Waals surface area contributed by atoms with Crippen LogP contribution in [0.3, 0.4) is 0 Å². The van der Waals surface area contributed by atoms with E-state index in [0.717, 1.165) is 12.8 Å². The summed E-state index contributed by atoms with van der Waals surface area (Å²) in [5.41, 5.74) is 0.249. The maximum absolute atomic E-state index is 11.9. The molecule has 0 unspecified atom stereocenters. The highest BCUT2D eigenvalue weighted by atomic mass is 16.6. The molecule has 2 fully saturated rings. The summed E-state index contributed by atoms with van der Waals surface area (Å²) in [6.45, 7) is 11.1. The first-order valence-corrected chi connectivity index (χ1v) is 10.2. The van der Waals surface area contributed by atoms with E-state index in [2.05, 4.69) is 31.3 Å². The Labute approximate surface area is 169 Å². The van der Waals surface area contributed by atoms with Crippen LogP contribution in [0.4, 0.5) is 0 Å². The van der Waals surface area contributed by atoms with Crippen molar-refractivity contribution in [2.24, 2.45) is 11.8 Å². The van der Waals surface area contributed by atoms with Crippen molar-refractivity contribution < 1.29 is 19.1 Å². The van der Waals surface area contributed by atoms with Crippen LogP contribution in [0.25, 0.3) is 0 Å². The number of nitrogens with one attached hydrogen (secondary N) is 1. The molecule has 1 N–H and O–H groups in total. The first-order valence-electron chi connectivity index (χ1n) is 10.2. The summed E-state index contributed by atoms with van der Waals surface area (Å²) < 4.78 is 10.3. The molecule has 0 aromatic heterocycles. The van der Waals surface area contributed by atoms with E-state index in [1.54, 1.807) is 0 Å². The van der Waals surface area contributed by atoms with Crippen molar-refractivity contribution in [2.75, 3.05) is 20.3 Å². The van der Waals surface area contributed by atoms with Gasteiger partial charge in [-0.1, -0.05) is 51.1 Å². The quantitative estimate of drug-likeness (QED) is 0.657. The molecule has 3 rings (SSSR count). The summed E-state index contributed by atoms with van der Waals surface area (Å²) >= 11 is 0. The number of ketones is 2. The summed E-state index contributed by atoms with van der Waals surface area (Å²) in [5, 5.41) is 3.05. The lowest BCUT2D eigenvalue weighted by Crippen LogP contribution is -2.42. The zero-order valence-corrected chi connectivity index (χ0v) is 18.1. The van der Waals surface area contributed by atoms with Gasteiger partial charge in [-0.15, -0.1) is 0 Å². The van der Waals surface area contributed by atoms with Crippen molar-refractivity contribution in [3.63, 3.8) is 0 Å². The van der Waals surface area contributed by atoms with Crippen molar-refractivity contribution in [3.8, 4) is 0 Å². The molecule has 4 atom stereocenters. The second-order valence-electron chi connectivity index (χ2n) is 8.83. The van der Waals surface area contributed by atoms with Crippen LogP contribution >= 0.6 is 0 Å². The van der Waals surface area contributed by atoms with Crippen molar-refractivity contribution in [3.05, 3.63) is 35.9 Å². The minimum absolute atomic E-state index is 0.0416. The first-order chi connectivity index (χ1) is 13.1. The Morgan fingerprint density at radius 2 is 1.50 bits per heavy atom. The lowest BCUT2D eigenvalue weighted by molar-refractivity contribution is -0.127. The maximum Gasteiger partial charge on any atom is 0.183 e. The van der Waals surface area contributed by atoms with E-state index in [4.69, 9.17) is 9.47 Å². The van der Waals surface area contributed by atoms with E-state index < -0.39 is 11.2 Å². The minimum atomic E-state index is -0.484. The van der Waals surface area contributed by atoms with Gasteiger partial charge >= 0.3 is 0 Å². The topological polar surface area (TPSA) is 71.2 Å². The summed E-state index contributed by atoms with van der Waals surface area (Å²) in [7, 11) is 1.83. The Hall–Kier alpha value is -1.56. The molecular weight excluding hydrogens is 354 g/mol. The molecule has 0 radical (unpaired) electrons. The number of epoxide rings is 2. The molecular formula is C23H35NO4. The van der Waals surface area contributed by atoms with E-state index in [-0.39, 0.29) is 23.5 Å². The Morgan fingerprint density at radius 1 is 1.00 bits per heavy atom. The number of ether oxygens (including phenoxy) is 2. The maximum atomic E-state index is 11.9. The minimum Gasteiger partial charge on any atom is -0.362 e. The standard InChI is InChI=1S/C13H16O2.C10H19NO2/c1-10(12(14)13(2)9-15-13)8-11-6-4-3-5-7-11;1-7(2)5-8(11-4)9(12)10(3)6-13-10/h3-7,10H,8-9H2,1-2H3;7-8,11H,5-6H2,1-4H3/t10-,13+;8-,10+/m00/s1. The van der Waals surface area contributed by atoms with Crippen LogP contribution < -0.4 is 5.32 Å². The van der Waals surface area contributed by atoms with Gasteiger partial charge in [0.15, 0.2) is 11.6 Å². The average molecular weight is 390 g/mol. The molecule has 5 nitrogen and oxygen atoms in total. The van der Waals surface area contributed by atoms with Crippen LogP contribution in [-0.2, 0) is 25.5 Å². The zero-order chi connectivity index (χ0) is 20.9. The number of benzene rings is 1. The first kappa shape index (κ1) is 22.7. The van der Waals surface area contributed by atoms with Gasteiger partial charge in [-0.2, -0.15) is 0 Å². The van der Waals surface area contributed by atoms with E-state index in [1.807, 2.05) is 46.0 Å². The molecule has 0 spiro atoms. The van der Waals surface area contributed by atoms with Crippen molar-refractivity contribution in [1.82, 2.24) is 5.32 Å². The van der Waals surface area contributed by atoms with E-state index >= 15 is 0 Å². The van der Waals surface area contributed by atoms with Gasteiger partial charge in [0.25, 0.3) is 0 Å². The Bertz CT molecular complexity index is 662. The SMILES string of the molecule is CN[C@@H](CC(C)C)C(=O)[C@@]1(C)CO1.C[C@@H](Cc1ccccc1)C(=O)[C@@]1(C)CO1. The van der Waals surface area contributed by atoms with Gasteiger partial charge < -0.3 is 14.8 Å². The molecule has 2 saturated heterocycles. The smallest absolute Gasteiger partial charge is 0.183 e. The van der Waals surface area contributed by atoms with Gasteiger partial charge in [-0.05, 0) is 45.2 Å². The highest BCUT2D eigenvalue weighted by Crippen LogP contribution is 2.31. The molecule has 0 saturated carbocycles. The molecule has 0 amide bonds. The van der Waals surface area contributed by atoms with E-state index in [9.17, 15) is 9.59 Å². The number of rotatable bonds is 9. The molecule has 28 heavy (non-hydrogen) atoms. The molecule has 1 aromatic carbocycles. The summed E-state index contributed by atoms with van der Waals surface area (Å²) in [6.07, 6.45) is 1.69. The van der Waals surface area contributed by atoms with Crippen LogP contribution in [-0.4, -0.2) is 49.1 Å². The molecule has 156 valence electrons. The van der Waals surface area contributed by atoms with Crippen molar-refractivity contribution >= 4 is 11.6 Å². The fourth-order valence-corrected chi connectivity index (χ4v) is 3.28. The van der Waals surface area contributed by atoms with Gasteiger partial charge in [0, 0.05) is 5.92 Å². The zero-order valence-electron chi connectivity index (χ0n) is 18.1. The summed E-state index contributed by atoms with van der Waals surface area (Å²) in [5.74, 6) is 0.999. The predicted molar refractivity (Wildman–Crippen MR) is 110 cm³/mol. The monoisotopic (exact) mass is 389 g/mol. The van der Waals surface area contributed by atoms with Crippen LogP contribution in [0.15, 0.2) is 30.3 Å². The van der Waals surface area contributed by atoms with Crippen LogP contribution in [0.1, 0.15) is 46.6 Å². The third kappa shape index (κ3) is 6.23. The van der Waals surface area contributed by atoms with Crippen LogP contribution in [0.5, 0.6) is 0 Å². The molecule has 0 aliphatic carbocycles. The van der Waals surface area contributed by atoms with Crippen LogP contribution in [0.2, 0.25) is 0 Å². The van der Waals surface area contributed by atoms with Gasteiger partial charge in [-0.3, -0.25) is 9.59 Å². The van der Waals surface area contributed by atoms with Gasteiger partial charge in [-0.25, -0.2) is 0 Å². The molecule has 2 aliphatic rings. The van der Waals surface area contributed by atoms with Gasteiger partial charge in [0.2, 0.25) is 0 Å². The fourth-order valence-electron chi connectivity index (χ4n) is 3.28. The number of hydrogen-bond donors (Lipinski definition) is 1. The van der Waals surface area contributed by atoms with Crippen molar-refractivity contribution in [2.45, 2.75) is 64.7 Å². The average Bonchev–Trinajstić information content (AvgIpc) is 3.59. The number of carbonyl (C=O) groups excluding carboxylic acids is 2. The molecule has 1 aromatic rings. The predicted octanol–water partition coefficient (Wildman–Crippen LogP) is 3.20. The second-order valence-corrected chi connectivity index (χ2v) is 8.83. The summed E-state index contributed by atoms with van der Waals surface area (Å²) in [4.78, 5) is 23.7. The molecule has 2 heterocycles. The Morgan fingerprint density at radius 3 is 1.93 bits per heavy atom. The number of hydrogen-bond acceptors (Lipinski definition) is 5. The highest BCUT2D eigenvalue weighted by molar-refractivity contribution is 5.93. The summed E-state index contributed by atoms with van der Waals surface area (Å²) in [6, 6.07) is 10.1. The fraction of sp³-hybridized carbons (Fsp3) is 0.652. The lowest BCUT2D eigenvalue weighted by Gasteiger charge is -2.18. The van der Waals surface area contributed by atoms with E-state index in [1.165, 1.54) is 5.56 Å². The third-order valence-electron chi connectivity index (χ3n) is 5.40. The highest BCUT2D eigenvalue weighted by Gasteiger charge is 2.49. The van der Waals surface area contributed by atoms with Gasteiger partial charge in [0.1, 0.15) is 11.2 Å². The lowest BCUT2D eigenvalue weighted by atomic mass is 9.90. The second kappa shape index (κ2) is 9.29. The normalized spacial score (nSPS) is 27.4. The van der Waals surface area contributed by atoms with E-state index in [0.29, 0.717) is 19.1 Å². The van der Waals surface area contributed by atoms with Gasteiger partial charge in [0.05, 0.1) is 19.3 Å². The van der Waals surface area contributed by atoms with Crippen molar-refractivity contribution in [1.29, 1.82) is 0 Å². The Balaban J connectivity index is 0.000000203. The third-order valence-corrected chi connectivity index (χ3v) is 5.40. The number of likely N-dealkylation sites (N-methyl/N-ethyl adjacent to an activating group) is 1. The largest absolute Gasteiger partial charge is 0.362 e. The number of carbonyl (C=O) groups is 2. The van der Waals surface area contributed by atoms with Crippen LogP contribution in [0, 0.1) is 11.8 Å². The number of Topliss-reactive ketones (excluding diaryl/α,β-unsaturated/α-hetero) is 2. The Kier molecular flexibility index (Phi) is 7.54. The molecule has 0 bridgehead atoms. The molecule has 5 heteroatoms.